The Bertz CT molecular complexity index is 856. The Morgan fingerprint density at radius 3 is 2.88 bits per heavy atom. The van der Waals surface area contributed by atoms with Gasteiger partial charge < -0.3 is 14.8 Å². The lowest BCUT2D eigenvalue weighted by molar-refractivity contribution is 0.0902. The lowest BCUT2D eigenvalue weighted by Crippen LogP contribution is -2.28. The molecule has 3 aromatic rings. The minimum atomic E-state index is -0.871. The third-order valence-electron chi connectivity index (χ3n) is 3.98. The van der Waals surface area contributed by atoms with Crippen LogP contribution in [0.2, 0.25) is 0 Å². The van der Waals surface area contributed by atoms with Crippen LogP contribution in [0.4, 0.5) is 0 Å². The van der Waals surface area contributed by atoms with Gasteiger partial charge in [-0.05, 0) is 49.2 Å². The molecule has 24 heavy (non-hydrogen) atoms. The Kier molecular flexibility index (Phi) is 4.62. The van der Waals surface area contributed by atoms with Gasteiger partial charge in [-0.2, -0.15) is 0 Å². The van der Waals surface area contributed by atoms with Crippen molar-refractivity contribution in [2.24, 2.45) is 0 Å². The third kappa shape index (κ3) is 3.31. The van der Waals surface area contributed by atoms with Crippen LogP contribution in [0.1, 0.15) is 40.4 Å². The van der Waals surface area contributed by atoms with Gasteiger partial charge in [-0.1, -0.05) is 13.0 Å². The molecule has 124 valence electrons. The molecule has 0 spiro atoms. The standard InChI is InChI=1S/C19H20N2O3/c1-3-13-6-7-16-14(10-13)15(9-12(2)21-16)19(23)20-11-17(22)18-5-4-8-24-18/h4-10,17,22H,3,11H2,1-2H3,(H,20,23)/t17-/m1/s1. The Morgan fingerprint density at radius 1 is 1.33 bits per heavy atom. The number of aliphatic hydroxyl groups is 1. The number of benzene rings is 1. The van der Waals surface area contributed by atoms with Gasteiger partial charge >= 0.3 is 0 Å². The van der Waals surface area contributed by atoms with Gasteiger partial charge in [-0.3, -0.25) is 9.78 Å². The molecule has 0 aliphatic heterocycles. The number of pyridine rings is 1. The second kappa shape index (κ2) is 6.84. The maximum atomic E-state index is 12.6. The average Bonchev–Trinajstić information content (AvgIpc) is 3.13. The van der Waals surface area contributed by atoms with E-state index in [9.17, 15) is 9.90 Å². The van der Waals surface area contributed by atoms with Crippen LogP contribution < -0.4 is 5.32 Å². The zero-order chi connectivity index (χ0) is 17.1. The number of rotatable bonds is 5. The highest BCUT2D eigenvalue weighted by Crippen LogP contribution is 2.21. The largest absolute Gasteiger partial charge is 0.467 e. The number of hydrogen-bond acceptors (Lipinski definition) is 4. The molecule has 1 amide bonds. The summed E-state index contributed by atoms with van der Waals surface area (Å²) < 4.78 is 5.14. The summed E-state index contributed by atoms with van der Waals surface area (Å²) in [5.74, 6) is 0.198. The van der Waals surface area contributed by atoms with Crippen LogP contribution in [0.25, 0.3) is 10.9 Å². The molecule has 0 saturated heterocycles. The van der Waals surface area contributed by atoms with Crippen molar-refractivity contribution >= 4 is 16.8 Å². The second-order valence-electron chi connectivity index (χ2n) is 5.76. The maximum Gasteiger partial charge on any atom is 0.252 e. The first-order valence-electron chi connectivity index (χ1n) is 7.98. The van der Waals surface area contributed by atoms with Crippen molar-refractivity contribution in [1.29, 1.82) is 0 Å². The van der Waals surface area contributed by atoms with Crippen molar-refractivity contribution in [3.63, 3.8) is 0 Å². The van der Waals surface area contributed by atoms with Crippen molar-refractivity contribution in [1.82, 2.24) is 10.3 Å². The topological polar surface area (TPSA) is 75.4 Å². The van der Waals surface area contributed by atoms with E-state index in [-0.39, 0.29) is 12.5 Å². The number of aromatic nitrogens is 1. The number of aliphatic hydroxyl groups excluding tert-OH is 1. The van der Waals surface area contributed by atoms with Crippen LogP contribution in [-0.2, 0) is 6.42 Å². The molecule has 5 nitrogen and oxygen atoms in total. The monoisotopic (exact) mass is 324 g/mol. The van der Waals surface area contributed by atoms with Gasteiger partial charge in [-0.25, -0.2) is 0 Å². The molecule has 2 aromatic heterocycles. The van der Waals surface area contributed by atoms with Crippen LogP contribution in [-0.4, -0.2) is 22.5 Å². The number of hydrogen-bond donors (Lipinski definition) is 2. The van der Waals surface area contributed by atoms with Crippen LogP contribution in [0, 0.1) is 6.92 Å². The summed E-state index contributed by atoms with van der Waals surface area (Å²) in [7, 11) is 0. The number of nitrogens with one attached hydrogen (secondary N) is 1. The van der Waals surface area contributed by atoms with Gasteiger partial charge in [0.2, 0.25) is 0 Å². The van der Waals surface area contributed by atoms with E-state index in [1.165, 1.54) is 6.26 Å². The summed E-state index contributed by atoms with van der Waals surface area (Å²) in [6.45, 7) is 4.02. The normalized spacial score (nSPS) is 12.3. The Hall–Kier alpha value is -2.66. The summed E-state index contributed by atoms with van der Waals surface area (Å²) in [5.41, 5.74) is 3.30. The van der Waals surface area contributed by atoms with E-state index in [1.54, 1.807) is 18.2 Å². The first kappa shape index (κ1) is 16.2. The molecule has 0 unspecified atom stereocenters. The van der Waals surface area contributed by atoms with Crippen LogP contribution >= 0.6 is 0 Å². The molecule has 0 aliphatic rings. The molecule has 1 atom stereocenters. The van der Waals surface area contributed by atoms with Gasteiger partial charge in [0.25, 0.3) is 5.91 Å². The number of fused-ring (bicyclic) bond motifs is 1. The van der Waals surface area contributed by atoms with Gasteiger partial charge in [0.1, 0.15) is 11.9 Å². The highest BCUT2D eigenvalue weighted by Gasteiger charge is 2.16. The number of nitrogens with zero attached hydrogens (tertiary/aromatic N) is 1. The second-order valence-corrected chi connectivity index (χ2v) is 5.76. The Balaban J connectivity index is 1.86. The van der Waals surface area contributed by atoms with Crippen molar-refractivity contribution in [3.8, 4) is 0 Å². The number of carbonyl (C=O) groups excluding carboxylic acids is 1. The average molecular weight is 324 g/mol. The zero-order valence-corrected chi connectivity index (χ0v) is 13.7. The predicted octanol–water partition coefficient (Wildman–Crippen LogP) is 3.16. The number of aryl methyl sites for hydroxylation is 2. The molecule has 0 radical (unpaired) electrons. The molecule has 0 fully saturated rings. The first-order valence-corrected chi connectivity index (χ1v) is 7.98. The zero-order valence-electron chi connectivity index (χ0n) is 13.7. The molecule has 3 rings (SSSR count). The van der Waals surface area contributed by atoms with Crippen molar-refractivity contribution in [2.45, 2.75) is 26.4 Å². The Labute approximate surface area is 140 Å². The van der Waals surface area contributed by atoms with Crippen LogP contribution in [0.5, 0.6) is 0 Å². The molecule has 2 N–H and O–H groups in total. The summed E-state index contributed by atoms with van der Waals surface area (Å²) in [5, 5.41) is 13.6. The SMILES string of the molecule is CCc1ccc2nc(C)cc(C(=O)NC[C@@H](O)c3ccco3)c2c1. The maximum absolute atomic E-state index is 12.6. The van der Waals surface area contributed by atoms with E-state index in [0.29, 0.717) is 11.3 Å². The third-order valence-corrected chi connectivity index (χ3v) is 3.98. The van der Waals surface area contributed by atoms with Crippen LogP contribution in [0.15, 0.2) is 47.1 Å². The fourth-order valence-corrected chi connectivity index (χ4v) is 2.68. The Morgan fingerprint density at radius 2 is 2.17 bits per heavy atom. The van der Waals surface area contributed by atoms with E-state index in [2.05, 4.69) is 17.2 Å². The number of furan rings is 1. The molecule has 2 heterocycles. The molecule has 0 bridgehead atoms. The minimum absolute atomic E-state index is 0.0860. The smallest absolute Gasteiger partial charge is 0.252 e. The van der Waals surface area contributed by atoms with Crippen molar-refractivity contribution in [3.05, 3.63) is 65.2 Å². The molecule has 1 aromatic carbocycles. The highest BCUT2D eigenvalue weighted by molar-refractivity contribution is 6.06. The summed E-state index contributed by atoms with van der Waals surface area (Å²) in [4.78, 5) is 17.1. The van der Waals surface area contributed by atoms with Crippen LogP contribution in [0.3, 0.4) is 0 Å². The highest BCUT2D eigenvalue weighted by atomic mass is 16.4. The quantitative estimate of drug-likeness (QED) is 0.756. The first-order chi connectivity index (χ1) is 11.6. The molecule has 0 saturated carbocycles. The number of amides is 1. The number of carbonyl (C=O) groups is 1. The van der Waals surface area contributed by atoms with Gasteiger partial charge in [0, 0.05) is 11.1 Å². The van der Waals surface area contributed by atoms with E-state index in [0.717, 1.165) is 28.6 Å². The summed E-state index contributed by atoms with van der Waals surface area (Å²) >= 11 is 0. The van der Waals surface area contributed by atoms with E-state index in [4.69, 9.17) is 4.42 Å². The molecular formula is C19H20N2O3. The summed E-state index contributed by atoms with van der Waals surface area (Å²) in [6.07, 6.45) is 1.51. The summed E-state index contributed by atoms with van der Waals surface area (Å²) in [6, 6.07) is 11.1. The van der Waals surface area contributed by atoms with Gasteiger partial charge in [0.15, 0.2) is 0 Å². The van der Waals surface area contributed by atoms with E-state index < -0.39 is 6.10 Å². The fourth-order valence-electron chi connectivity index (χ4n) is 2.68. The van der Waals surface area contributed by atoms with Gasteiger partial charge in [-0.15, -0.1) is 0 Å². The van der Waals surface area contributed by atoms with Crippen molar-refractivity contribution < 1.29 is 14.3 Å². The van der Waals surface area contributed by atoms with E-state index >= 15 is 0 Å². The fraction of sp³-hybridized carbons (Fsp3) is 0.263. The molecule has 5 heteroatoms. The van der Waals surface area contributed by atoms with E-state index in [1.807, 2.05) is 25.1 Å². The predicted molar refractivity (Wildman–Crippen MR) is 91.9 cm³/mol. The van der Waals surface area contributed by atoms with Gasteiger partial charge in [0.05, 0.1) is 23.9 Å². The lowest BCUT2D eigenvalue weighted by atomic mass is 10.0. The lowest BCUT2D eigenvalue weighted by Gasteiger charge is -2.12. The molecule has 0 aliphatic carbocycles. The minimum Gasteiger partial charge on any atom is -0.467 e. The van der Waals surface area contributed by atoms with Crippen molar-refractivity contribution in [2.75, 3.05) is 6.54 Å². The molecular weight excluding hydrogens is 304 g/mol.